The summed E-state index contributed by atoms with van der Waals surface area (Å²) in [5, 5.41) is 3.30. The number of fused-ring (bicyclic) bond motifs is 1. The molecule has 0 fully saturated rings. The smallest absolute Gasteiger partial charge is 0.230 e. The maximum absolute atomic E-state index is 12.4. The van der Waals surface area contributed by atoms with Crippen molar-refractivity contribution in [1.82, 2.24) is 4.98 Å². The zero-order chi connectivity index (χ0) is 18.7. The lowest BCUT2D eigenvalue weighted by molar-refractivity contribution is -0.115. The fourth-order valence-corrected chi connectivity index (χ4v) is 3.51. The number of hydrogen-bond acceptors (Lipinski definition) is 6. The number of hydrogen-bond donors (Lipinski definition) is 1. The maximum atomic E-state index is 12.4. The number of carbonyl (C=O) groups is 2. The van der Waals surface area contributed by atoms with Gasteiger partial charge in [-0.1, -0.05) is 17.4 Å². The molecule has 134 valence electrons. The molecule has 0 unspecified atom stereocenters. The van der Waals surface area contributed by atoms with Crippen LogP contribution in [0.3, 0.4) is 0 Å². The van der Waals surface area contributed by atoms with E-state index in [1.54, 1.807) is 25.3 Å². The van der Waals surface area contributed by atoms with E-state index in [-0.39, 0.29) is 18.1 Å². The molecule has 1 aromatic heterocycles. The Balaban J connectivity index is 1.81. The van der Waals surface area contributed by atoms with Crippen LogP contribution in [-0.2, 0) is 11.2 Å². The van der Waals surface area contributed by atoms with Gasteiger partial charge in [0.2, 0.25) is 5.91 Å². The summed E-state index contributed by atoms with van der Waals surface area (Å²) in [7, 11) is 3.12. The van der Waals surface area contributed by atoms with Crippen LogP contribution in [0.4, 0.5) is 5.13 Å². The van der Waals surface area contributed by atoms with Crippen molar-refractivity contribution in [2.75, 3.05) is 19.5 Å². The van der Waals surface area contributed by atoms with Gasteiger partial charge in [-0.05, 0) is 37.3 Å². The predicted molar refractivity (Wildman–Crippen MR) is 102 cm³/mol. The van der Waals surface area contributed by atoms with E-state index in [1.165, 1.54) is 25.4 Å². The Morgan fingerprint density at radius 2 is 1.88 bits per heavy atom. The highest BCUT2D eigenvalue weighted by Gasteiger charge is 2.14. The lowest BCUT2D eigenvalue weighted by atomic mass is 10.0. The molecule has 0 atom stereocenters. The van der Waals surface area contributed by atoms with E-state index in [4.69, 9.17) is 9.47 Å². The van der Waals surface area contributed by atoms with Crippen LogP contribution in [-0.4, -0.2) is 30.9 Å². The topological polar surface area (TPSA) is 77.5 Å². The Morgan fingerprint density at radius 3 is 2.58 bits per heavy atom. The van der Waals surface area contributed by atoms with Gasteiger partial charge in [-0.25, -0.2) is 4.98 Å². The lowest BCUT2D eigenvalue weighted by Crippen LogP contribution is -2.15. The van der Waals surface area contributed by atoms with E-state index in [0.29, 0.717) is 33.3 Å². The molecule has 0 saturated carbocycles. The second-order valence-corrected chi connectivity index (χ2v) is 6.66. The normalized spacial score (nSPS) is 10.6. The maximum Gasteiger partial charge on any atom is 0.230 e. The van der Waals surface area contributed by atoms with Crippen LogP contribution in [0.2, 0.25) is 0 Å². The van der Waals surface area contributed by atoms with Gasteiger partial charge in [-0.2, -0.15) is 0 Å². The molecule has 1 N–H and O–H groups in total. The number of carbonyl (C=O) groups excluding carboxylic acids is 2. The third kappa shape index (κ3) is 3.67. The van der Waals surface area contributed by atoms with Gasteiger partial charge in [0.1, 0.15) is 17.0 Å². The van der Waals surface area contributed by atoms with Crippen LogP contribution in [0, 0.1) is 0 Å². The number of anilines is 1. The minimum Gasteiger partial charge on any atom is -0.496 e. The summed E-state index contributed by atoms with van der Waals surface area (Å²) < 4.78 is 11.5. The molecular formula is C19H18N2O4S. The largest absolute Gasteiger partial charge is 0.496 e. The van der Waals surface area contributed by atoms with Crippen LogP contribution < -0.4 is 14.8 Å². The van der Waals surface area contributed by atoms with Crippen LogP contribution in [0.25, 0.3) is 10.2 Å². The van der Waals surface area contributed by atoms with Crippen LogP contribution in [0.1, 0.15) is 22.8 Å². The molecule has 26 heavy (non-hydrogen) atoms. The third-order valence-electron chi connectivity index (χ3n) is 3.89. The fourth-order valence-electron chi connectivity index (χ4n) is 2.61. The van der Waals surface area contributed by atoms with Crippen molar-refractivity contribution in [3.63, 3.8) is 0 Å². The van der Waals surface area contributed by atoms with E-state index in [0.717, 1.165) is 4.70 Å². The first-order chi connectivity index (χ1) is 12.5. The summed E-state index contributed by atoms with van der Waals surface area (Å²) >= 11 is 1.38. The molecule has 0 radical (unpaired) electrons. The minimum atomic E-state index is -0.234. The van der Waals surface area contributed by atoms with Gasteiger partial charge in [0, 0.05) is 11.1 Å². The molecule has 7 heteroatoms. The highest BCUT2D eigenvalue weighted by atomic mass is 32.1. The van der Waals surface area contributed by atoms with Gasteiger partial charge in [0.25, 0.3) is 0 Å². The number of ether oxygens (including phenoxy) is 2. The number of benzene rings is 2. The van der Waals surface area contributed by atoms with E-state index >= 15 is 0 Å². The number of ketones is 1. The highest BCUT2D eigenvalue weighted by Crippen LogP contribution is 2.32. The molecule has 0 spiro atoms. The van der Waals surface area contributed by atoms with Gasteiger partial charge in [0.05, 0.1) is 25.3 Å². The quantitative estimate of drug-likeness (QED) is 0.670. The molecule has 6 nitrogen and oxygen atoms in total. The number of rotatable bonds is 6. The minimum absolute atomic E-state index is 0.0624. The fraction of sp³-hybridized carbons (Fsp3) is 0.211. The number of para-hydroxylation sites is 1. The van der Waals surface area contributed by atoms with E-state index in [2.05, 4.69) is 10.3 Å². The predicted octanol–water partition coefficient (Wildman–Crippen LogP) is 3.70. The zero-order valence-corrected chi connectivity index (χ0v) is 15.5. The van der Waals surface area contributed by atoms with E-state index in [1.807, 2.05) is 18.2 Å². The summed E-state index contributed by atoms with van der Waals surface area (Å²) in [6.45, 7) is 1.49. The molecule has 0 aliphatic carbocycles. The summed E-state index contributed by atoms with van der Waals surface area (Å²) in [6.07, 6.45) is 0.0807. The van der Waals surface area contributed by atoms with Crippen molar-refractivity contribution < 1.29 is 19.1 Å². The molecule has 0 bridgehead atoms. The molecule has 0 aliphatic rings. The number of thiazole rings is 1. The first-order valence-electron chi connectivity index (χ1n) is 7.93. The monoisotopic (exact) mass is 370 g/mol. The summed E-state index contributed by atoms with van der Waals surface area (Å²) in [5.74, 6) is 0.931. The Bertz CT molecular complexity index is 981. The van der Waals surface area contributed by atoms with E-state index < -0.39 is 0 Å². The number of amides is 1. The number of aromatic nitrogens is 1. The molecule has 3 aromatic rings. The van der Waals surface area contributed by atoms with Crippen molar-refractivity contribution in [3.8, 4) is 11.5 Å². The zero-order valence-electron chi connectivity index (χ0n) is 14.7. The lowest BCUT2D eigenvalue weighted by Gasteiger charge is -2.09. The number of methoxy groups -OCH3 is 2. The average Bonchev–Trinajstić information content (AvgIpc) is 3.03. The third-order valence-corrected chi connectivity index (χ3v) is 4.82. The van der Waals surface area contributed by atoms with Crippen molar-refractivity contribution in [3.05, 3.63) is 47.5 Å². The Labute approximate surface area is 154 Å². The second kappa shape index (κ2) is 7.53. The summed E-state index contributed by atoms with van der Waals surface area (Å²) in [6, 6.07) is 10.7. The van der Waals surface area contributed by atoms with Crippen LogP contribution in [0.15, 0.2) is 36.4 Å². The van der Waals surface area contributed by atoms with Gasteiger partial charge >= 0.3 is 0 Å². The molecular weight excluding hydrogens is 352 g/mol. The standard InChI is InChI=1S/C19H18N2O4S/c1-11(22)12-7-8-14(24-2)13(9-12)10-17(23)20-19-21-18-15(25-3)5-4-6-16(18)26-19/h4-9H,10H2,1-3H3,(H,20,21,23). The Hall–Kier alpha value is -2.93. The van der Waals surface area contributed by atoms with Gasteiger partial charge < -0.3 is 14.8 Å². The Morgan fingerprint density at radius 1 is 1.12 bits per heavy atom. The van der Waals surface area contributed by atoms with Crippen molar-refractivity contribution in [2.45, 2.75) is 13.3 Å². The average molecular weight is 370 g/mol. The molecule has 0 saturated heterocycles. The SMILES string of the molecule is COc1ccc(C(C)=O)cc1CC(=O)Nc1nc2c(OC)cccc2s1. The molecule has 2 aromatic carbocycles. The first kappa shape index (κ1) is 17.9. The molecule has 1 amide bonds. The van der Waals surface area contributed by atoms with Gasteiger partial charge in [0.15, 0.2) is 10.9 Å². The number of Topliss-reactive ketones (excluding diaryl/α,β-unsaturated/α-hetero) is 1. The number of nitrogens with zero attached hydrogens (tertiary/aromatic N) is 1. The van der Waals surface area contributed by atoms with Crippen molar-refractivity contribution in [1.29, 1.82) is 0 Å². The van der Waals surface area contributed by atoms with E-state index in [9.17, 15) is 9.59 Å². The van der Waals surface area contributed by atoms with Crippen molar-refractivity contribution >= 4 is 38.4 Å². The highest BCUT2D eigenvalue weighted by molar-refractivity contribution is 7.22. The first-order valence-corrected chi connectivity index (χ1v) is 8.74. The second-order valence-electron chi connectivity index (χ2n) is 5.63. The Kier molecular flexibility index (Phi) is 5.18. The van der Waals surface area contributed by atoms with Crippen LogP contribution in [0.5, 0.6) is 11.5 Å². The summed E-state index contributed by atoms with van der Waals surface area (Å²) in [4.78, 5) is 28.4. The van der Waals surface area contributed by atoms with Gasteiger partial charge in [-0.15, -0.1) is 0 Å². The van der Waals surface area contributed by atoms with Gasteiger partial charge in [-0.3, -0.25) is 9.59 Å². The number of nitrogens with one attached hydrogen (secondary N) is 1. The molecule has 3 rings (SSSR count). The van der Waals surface area contributed by atoms with Crippen LogP contribution >= 0.6 is 11.3 Å². The molecule has 1 heterocycles. The van der Waals surface area contributed by atoms with Crippen molar-refractivity contribution in [2.24, 2.45) is 0 Å². The summed E-state index contributed by atoms with van der Waals surface area (Å²) in [5.41, 5.74) is 1.90. The molecule has 0 aliphatic heterocycles.